The molecule has 0 saturated heterocycles. The van der Waals surface area contributed by atoms with Crippen LogP contribution in [0.15, 0.2) is 71.6 Å². The molecule has 0 radical (unpaired) electrons. The van der Waals surface area contributed by atoms with Gasteiger partial charge in [-0.05, 0) is 87.1 Å². The van der Waals surface area contributed by atoms with Crippen LogP contribution in [0.5, 0.6) is 0 Å². The zero-order chi connectivity index (χ0) is 31.1. The number of hydrogen-bond acceptors (Lipinski definition) is 4. The minimum atomic E-state index is -4.13. The predicted octanol–water partition coefficient (Wildman–Crippen LogP) is 6.72. The number of nitrogens with zero attached hydrogens (tertiary/aromatic N) is 2. The van der Waals surface area contributed by atoms with E-state index in [1.807, 2.05) is 45.9 Å². The molecule has 1 saturated carbocycles. The number of benzene rings is 3. The molecule has 7 nitrogen and oxygen atoms in total. The molecule has 4 rings (SSSR count). The van der Waals surface area contributed by atoms with Crippen molar-refractivity contribution in [3.63, 3.8) is 0 Å². The van der Waals surface area contributed by atoms with Crippen molar-refractivity contribution in [2.75, 3.05) is 10.8 Å². The van der Waals surface area contributed by atoms with Gasteiger partial charge in [-0.25, -0.2) is 8.42 Å². The lowest BCUT2D eigenvalue weighted by molar-refractivity contribution is -0.140. The molecule has 1 atom stereocenters. The Morgan fingerprint density at radius 2 is 1.53 bits per heavy atom. The SMILES string of the molecule is CC[C@H](C(=O)NC1CCCCC1)N(Cc1ccccc1Cl)C(=O)CN(c1cc(C)cc(C)c1)S(=O)(=O)c1ccc(C)cc1. The maximum Gasteiger partial charge on any atom is 0.264 e. The van der Waals surface area contributed by atoms with Gasteiger partial charge in [0.25, 0.3) is 10.0 Å². The molecule has 0 spiro atoms. The molecule has 2 amide bonds. The van der Waals surface area contributed by atoms with E-state index in [0.29, 0.717) is 22.7 Å². The second-order valence-corrected chi connectivity index (χ2v) is 13.8. The van der Waals surface area contributed by atoms with Crippen LogP contribution in [0.1, 0.15) is 67.7 Å². The van der Waals surface area contributed by atoms with E-state index in [2.05, 4.69) is 5.32 Å². The fraction of sp³-hybridized carbons (Fsp3) is 0.412. The van der Waals surface area contributed by atoms with E-state index in [1.165, 1.54) is 4.90 Å². The highest BCUT2D eigenvalue weighted by molar-refractivity contribution is 7.92. The molecule has 1 N–H and O–H groups in total. The highest BCUT2D eigenvalue weighted by atomic mass is 35.5. The van der Waals surface area contributed by atoms with Gasteiger partial charge in [-0.1, -0.05) is 79.7 Å². The second-order valence-electron chi connectivity index (χ2n) is 11.6. The quantitative estimate of drug-likeness (QED) is 0.257. The van der Waals surface area contributed by atoms with Gasteiger partial charge < -0.3 is 10.2 Å². The first kappa shape index (κ1) is 32.6. The van der Waals surface area contributed by atoms with Crippen LogP contribution in [-0.4, -0.2) is 43.8 Å². The van der Waals surface area contributed by atoms with Crippen LogP contribution in [0.3, 0.4) is 0 Å². The van der Waals surface area contributed by atoms with E-state index in [0.717, 1.165) is 53.1 Å². The molecule has 1 fully saturated rings. The van der Waals surface area contributed by atoms with Crippen molar-refractivity contribution < 1.29 is 18.0 Å². The van der Waals surface area contributed by atoms with Gasteiger partial charge in [-0.2, -0.15) is 0 Å². The number of halogens is 1. The average molecular weight is 624 g/mol. The second kappa shape index (κ2) is 14.4. The van der Waals surface area contributed by atoms with Crippen LogP contribution in [-0.2, 0) is 26.2 Å². The van der Waals surface area contributed by atoms with Gasteiger partial charge in [0.05, 0.1) is 10.6 Å². The number of amides is 2. The van der Waals surface area contributed by atoms with Crippen LogP contribution in [0.4, 0.5) is 5.69 Å². The van der Waals surface area contributed by atoms with Gasteiger partial charge in [0.15, 0.2) is 0 Å². The predicted molar refractivity (Wildman–Crippen MR) is 173 cm³/mol. The largest absolute Gasteiger partial charge is 0.352 e. The minimum Gasteiger partial charge on any atom is -0.352 e. The smallest absolute Gasteiger partial charge is 0.264 e. The highest BCUT2D eigenvalue weighted by Gasteiger charge is 2.34. The van der Waals surface area contributed by atoms with Gasteiger partial charge in [-0.3, -0.25) is 13.9 Å². The molecular formula is C34H42ClN3O4S. The number of sulfonamides is 1. The van der Waals surface area contributed by atoms with E-state index in [4.69, 9.17) is 11.6 Å². The molecule has 43 heavy (non-hydrogen) atoms. The fourth-order valence-electron chi connectivity index (χ4n) is 5.73. The molecule has 0 bridgehead atoms. The number of aryl methyl sites for hydroxylation is 3. The first-order chi connectivity index (χ1) is 20.5. The summed E-state index contributed by atoms with van der Waals surface area (Å²) in [5, 5.41) is 3.64. The average Bonchev–Trinajstić information content (AvgIpc) is 2.96. The lowest BCUT2D eigenvalue weighted by Gasteiger charge is -2.34. The number of carbonyl (C=O) groups excluding carboxylic acids is 2. The van der Waals surface area contributed by atoms with Crippen molar-refractivity contribution in [3.05, 3.63) is 94.0 Å². The lowest BCUT2D eigenvalue weighted by atomic mass is 9.95. The van der Waals surface area contributed by atoms with Crippen molar-refractivity contribution in [2.24, 2.45) is 0 Å². The Morgan fingerprint density at radius 1 is 0.907 bits per heavy atom. The van der Waals surface area contributed by atoms with Crippen molar-refractivity contribution in [1.82, 2.24) is 10.2 Å². The monoisotopic (exact) mass is 623 g/mol. The molecule has 3 aromatic rings. The van der Waals surface area contributed by atoms with Gasteiger partial charge in [0.2, 0.25) is 11.8 Å². The molecule has 9 heteroatoms. The van der Waals surface area contributed by atoms with E-state index in [1.54, 1.807) is 48.5 Å². The van der Waals surface area contributed by atoms with Crippen molar-refractivity contribution >= 4 is 39.1 Å². The third kappa shape index (κ3) is 8.18. The molecule has 1 aliphatic rings. The minimum absolute atomic E-state index is 0.0698. The summed E-state index contributed by atoms with van der Waals surface area (Å²) in [6, 6.07) is 18.5. The van der Waals surface area contributed by atoms with Gasteiger partial charge in [0.1, 0.15) is 12.6 Å². The Morgan fingerprint density at radius 3 is 2.14 bits per heavy atom. The van der Waals surface area contributed by atoms with E-state index < -0.39 is 28.5 Å². The summed E-state index contributed by atoms with van der Waals surface area (Å²) in [5.41, 5.74) is 3.74. The summed E-state index contributed by atoms with van der Waals surface area (Å²) in [4.78, 5) is 29.6. The van der Waals surface area contributed by atoms with Crippen molar-refractivity contribution in [3.8, 4) is 0 Å². The van der Waals surface area contributed by atoms with Crippen LogP contribution in [0, 0.1) is 20.8 Å². The highest BCUT2D eigenvalue weighted by Crippen LogP contribution is 2.28. The molecule has 0 unspecified atom stereocenters. The summed E-state index contributed by atoms with van der Waals surface area (Å²) in [7, 11) is -4.13. The summed E-state index contributed by atoms with van der Waals surface area (Å²) < 4.78 is 29.4. The summed E-state index contributed by atoms with van der Waals surface area (Å²) >= 11 is 6.51. The topological polar surface area (TPSA) is 86.8 Å². The van der Waals surface area contributed by atoms with Crippen LogP contribution in [0.25, 0.3) is 0 Å². The molecule has 0 aliphatic heterocycles. The summed E-state index contributed by atoms with van der Waals surface area (Å²) in [6.07, 6.45) is 5.47. The number of rotatable bonds is 11. The summed E-state index contributed by atoms with van der Waals surface area (Å²) in [5.74, 6) is -0.713. The molecule has 3 aromatic carbocycles. The Labute approximate surface area is 261 Å². The fourth-order valence-corrected chi connectivity index (χ4v) is 7.33. The Bertz CT molecular complexity index is 1520. The third-order valence-electron chi connectivity index (χ3n) is 8.02. The van der Waals surface area contributed by atoms with E-state index >= 15 is 0 Å². The maximum absolute atomic E-state index is 14.3. The molecular weight excluding hydrogens is 582 g/mol. The van der Waals surface area contributed by atoms with Gasteiger partial charge >= 0.3 is 0 Å². The maximum atomic E-state index is 14.3. The normalized spacial score (nSPS) is 14.6. The van der Waals surface area contributed by atoms with Crippen molar-refractivity contribution in [1.29, 1.82) is 0 Å². The van der Waals surface area contributed by atoms with Crippen LogP contribution >= 0.6 is 11.6 Å². The molecule has 0 heterocycles. The van der Waals surface area contributed by atoms with E-state index in [9.17, 15) is 18.0 Å². The molecule has 0 aromatic heterocycles. The zero-order valence-electron chi connectivity index (χ0n) is 25.5. The van der Waals surface area contributed by atoms with Crippen LogP contribution < -0.4 is 9.62 Å². The summed E-state index contributed by atoms with van der Waals surface area (Å²) in [6.45, 7) is 7.13. The molecule has 230 valence electrons. The van der Waals surface area contributed by atoms with Gasteiger partial charge in [-0.15, -0.1) is 0 Å². The number of anilines is 1. The van der Waals surface area contributed by atoms with E-state index in [-0.39, 0.29) is 23.4 Å². The van der Waals surface area contributed by atoms with Gasteiger partial charge in [0, 0.05) is 17.6 Å². The number of nitrogens with one attached hydrogen (secondary N) is 1. The van der Waals surface area contributed by atoms with Crippen molar-refractivity contribution in [2.45, 2.75) is 89.7 Å². The first-order valence-electron chi connectivity index (χ1n) is 15.0. The standard InChI is InChI=1S/C34H42ClN3O4S/c1-5-32(34(40)36-28-12-7-6-8-13-28)37(22-27-11-9-10-14-31(27)35)33(39)23-38(29-20-25(3)19-26(4)21-29)43(41,42)30-17-15-24(2)16-18-30/h9-11,14-21,28,32H,5-8,12-13,22-23H2,1-4H3,(H,36,40)/t32-/m1/s1. The van der Waals surface area contributed by atoms with Crippen LogP contribution in [0.2, 0.25) is 5.02 Å². The lowest BCUT2D eigenvalue weighted by Crippen LogP contribution is -2.54. The third-order valence-corrected chi connectivity index (χ3v) is 10.2. The Balaban J connectivity index is 1.74. The Hall–Kier alpha value is -3.36. The first-order valence-corrected chi connectivity index (χ1v) is 16.8. The zero-order valence-corrected chi connectivity index (χ0v) is 27.0. The Kier molecular flexibility index (Phi) is 10.9. The number of hydrogen-bond donors (Lipinski definition) is 1. The number of carbonyl (C=O) groups is 2. The molecule has 1 aliphatic carbocycles.